The van der Waals surface area contributed by atoms with Crippen LogP contribution in [0.15, 0.2) is 48.5 Å². The summed E-state index contributed by atoms with van der Waals surface area (Å²) >= 11 is 6.22. The molecule has 0 radical (unpaired) electrons. The monoisotopic (exact) mass is 400 g/mol. The van der Waals surface area contributed by atoms with Gasteiger partial charge in [0.05, 0.1) is 0 Å². The van der Waals surface area contributed by atoms with Crippen LogP contribution in [0.5, 0.6) is 0 Å². The lowest BCUT2D eigenvalue weighted by Gasteiger charge is -2.29. The molecule has 2 aromatic rings. The van der Waals surface area contributed by atoms with Gasteiger partial charge in [-0.3, -0.25) is 9.59 Å². The summed E-state index contributed by atoms with van der Waals surface area (Å²) in [6.45, 7) is 6.83. The second-order valence-electron chi connectivity index (χ2n) is 7.01. The molecule has 0 heterocycles. The lowest BCUT2D eigenvalue weighted by molar-refractivity contribution is -0.140. The molecule has 4 nitrogen and oxygen atoms in total. The van der Waals surface area contributed by atoms with Gasteiger partial charge >= 0.3 is 0 Å². The van der Waals surface area contributed by atoms with Crippen molar-refractivity contribution >= 4 is 23.4 Å². The molecule has 2 aromatic carbocycles. The topological polar surface area (TPSA) is 49.4 Å². The van der Waals surface area contributed by atoms with Gasteiger partial charge in [-0.2, -0.15) is 0 Å². The predicted octanol–water partition coefficient (Wildman–Crippen LogP) is 4.52. The number of rotatable bonds is 9. The van der Waals surface area contributed by atoms with E-state index in [0.29, 0.717) is 31.0 Å². The van der Waals surface area contributed by atoms with Gasteiger partial charge < -0.3 is 10.2 Å². The quantitative estimate of drug-likeness (QED) is 0.672. The first kappa shape index (κ1) is 22.0. The molecule has 0 aliphatic rings. The maximum absolute atomic E-state index is 13.1. The number of nitrogens with zero attached hydrogens (tertiary/aromatic N) is 1. The summed E-state index contributed by atoms with van der Waals surface area (Å²) < 4.78 is 0. The fourth-order valence-electron chi connectivity index (χ4n) is 3.04. The van der Waals surface area contributed by atoms with E-state index in [-0.39, 0.29) is 11.8 Å². The van der Waals surface area contributed by atoms with E-state index in [4.69, 9.17) is 11.6 Å². The molecule has 0 aliphatic heterocycles. The van der Waals surface area contributed by atoms with Gasteiger partial charge in [0.25, 0.3) is 0 Å². The Balaban J connectivity index is 2.16. The average molecular weight is 401 g/mol. The van der Waals surface area contributed by atoms with Crippen molar-refractivity contribution in [1.29, 1.82) is 0 Å². The van der Waals surface area contributed by atoms with Gasteiger partial charge in [-0.15, -0.1) is 0 Å². The summed E-state index contributed by atoms with van der Waals surface area (Å²) in [5.41, 5.74) is 3.09. The van der Waals surface area contributed by atoms with Crippen LogP contribution in [0.2, 0.25) is 5.02 Å². The molecule has 0 spiro atoms. The lowest BCUT2D eigenvalue weighted by atomic mass is 10.1. The minimum absolute atomic E-state index is 0.0534. The Morgan fingerprint density at radius 1 is 1.07 bits per heavy atom. The first-order chi connectivity index (χ1) is 13.4. The zero-order valence-electron chi connectivity index (χ0n) is 16.9. The van der Waals surface area contributed by atoms with Crippen molar-refractivity contribution in [2.75, 3.05) is 6.54 Å². The standard InChI is InChI=1S/C23H29ClN2O2/c1-4-15-25-23(28)18(3)26(16-20-11-6-5-9-17(20)2)22(27)14-13-19-10-7-8-12-21(19)24/h5-12,18H,4,13-16H2,1-3H3,(H,25,28). The molecule has 2 rings (SSSR count). The predicted molar refractivity (Wildman–Crippen MR) is 114 cm³/mol. The van der Waals surface area contributed by atoms with Gasteiger partial charge in [-0.1, -0.05) is 61.0 Å². The molecule has 1 unspecified atom stereocenters. The van der Waals surface area contributed by atoms with E-state index in [0.717, 1.165) is 23.1 Å². The van der Waals surface area contributed by atoms with Crippen molar-refractivity contribution in [3.63, 3.8) is 0 Å². The molecule has 0 aliphatic carbocycles. The second kappa shape index (κ2) is 10.9. The van der Waals surface area contributed by atoms with E-state index >= 15 is 0 Å². The van der Waals surface area contributed by atoms with Crippen LogP contribution in [0.25, 0.3) is 0 Å². The van der Waals surface area contributed by atoms with Crippen molar-refractivity contribution in [3.05, 3.63) is 70.2 Å². The van der Waals surface area contributed by atoms with Gasteiger partial charge in [-0.05, 0) is 49.4 Å². The number of nitrogens with one attached hydrogen (secondary N) is 1. The molecule has 0 fully saturated rings. The summed E-state index contributed by atoms with van der Waals surface area (Å²) in [6, 6.07) is 15.0. The highest BCUT2D eigenvalue weighted by Crippen LogP contribution is 2.19. The Hall–Kier alpha value is -2.33. The van der Waals surface area contributed by atoms with E-state index in [9.17, 15) is 9.59 Å². The molecular weight excluding hydrogens is 372 g/mol. The molecular formula is C23H29ClN2O2. The molecule has 0 bridgehead atoms. The zero-order valence-corrected chi connectivity index (χ0v) is 17.6. The highest BCUT2D eigenvalue weighted by Gasteiger charge is 2.26. The molecule has 28 heavy (non-hydrogen) atoms. The fraction of sp³-hybridized carbons (Fsp3) is 0.391. The number of amides is 2. The first-order valence-electron chi connectivity index (χ1n) is 9.79. The Bertz CT molecular complexity index is 807. The van der Waals surface area contributed by atoms with Gasteiger partial charge in [0.1, 0.15) is 6.04 Å². The van der Waals surface area contributed by atoms with Crippen molar-refractivity contribution in [1.82, 2.24) is 10.2 Å². The Labute approximate surface area is 172 Å². The van der Waals surface area contributed by atoms with E-state index in [2.05, 4.69) is 5.32 Å². The summed E-state index contributed by atoms with van der Waals surface area (Å²) in [6.07, 6.45) is 1.71. The van der Waals surface area contributed by atoms with E-state index in [1.165, 1.54) is 0 Å². The SMILES string of the molecule is CCCNC(=O)C(C)N(Cc1ccccc1C)C(=O)CCc1ccccc1Cl. The highest BCUT2D eigenvalue weighted by atomic mass is 35.5. The third-order valence-corrected chi connectivity index (χ3v) is 5.25. The summed E-state index contributed by atoms with van der Waals surface area (Å²) in [4.78, 5) is 27.3. The number of halogens is 1. The Morgan fingerprint density at radius 3 is 2.36 bits per heavy atom. The second-order valence-corrected chi connectivity index (χ2v) is 7.41. The lowest BCUT2D eigenvalue weighted by Crippen LogP contribution is -2.47. The highest BCUT2D eigenvalue weighted by molar-refractivity contribution is 6.31. The van der Waals surface area contributed by atoms with Crippen LogP contribution in [-0.4, -0.2) is 29.3 Å². The van der Waals surface area contributed by atoms with Crippen molar-refractivity contribution in [3.8, 4) is 0 Å². The molecule has 0 aromatic heterocycles. The average Bonchev–Trinajstić information content (AvgIpc) is 2.70. The normalized spacial score (nSPS) is 11.7. The van der Waals surface area contributed by atoms with E-state index < -0.39 is 6.04 Å². The maximum Gasteiger partial charge on any atom is 0.242 e. The smallest absolute Gasteiger partial charge is 0.242 e. The number of hydrogen-bond donors (Lipinski definition) is 1. The Morgan fingerprint density at radius 2 is 1.71 bits per heavy atom. The van der Waals surface area contributed by atoms with Gasteiger partial charge in [0, 0.05) is 24.5 Å². The fourth-order valence-corrected chi connectivity index (χ4v) is 3.27. The third-order valence-electron chi connectivity index (χ3n) is 4.88. The molecule has 0 saturated heterocycles. The van der Waals surface area contributed by atoms with Crippen LogP contribution in [0, 0.1) is 6.92 Å². The Kier molecular flexibility index (Phi) is 8.52. The van der Waals surface area contributed by atoms with Crippen LogP contribution in [0.1, 0.15) is 43.4 Å². The largest absolute Gasteiger partial charge is 0.354 e. The van der Waals surface area contributed by atoms with Crippen LogP contribution in [0.4, 0.5) is 0 Å². The van der Waals surface area contributed by atoms with Crippen molar-refractivity contribution in [2.24, 2.45) is 0 Å². The van der Waals surface area contributed by atoms with Gasteiger partial charge in [0.15, 0.2) is 0 Å². The molecule has 150 valence electrons. The van der Waals surface area contributed by atoms with Crippen LogP contribution < -0.4 is 5.32 Å². The minimum Gasteiger partial charge on any atom is -0.354 e. The zero-order chi connectivity index (χ0) is 20.5. The van der Waals surface area contributed by atoms with E-state index in [1.54, 1.807) is 11.8 Å². The maximum atomic E-state index is 13.1. The minimum atomic E-state index is -0.537. The molecule has 0 saturated carbocycles. The number of carbonyl (C=O) groups excluding carboxylic acids is 2. The summed E-state index contributed by atoms with van der Waals surface area (Å²) in [7, 11) is 0. The molecule has 2 amide bonds. The number of hydrogen-bond acceptors (Lipinski definition) is 2. The molecule has 1 atom stereocenters. The summed E-state index contributed by atoms with van der Waals surface area (Å²) in [5, 5.41) is 3.56. The molecule has 5 heteroatoms. The van der Waals surface area contributed by atoms with E-state index in [1.807, 2.05) is 62.4 Å². The number of benzene rings is 2. The van der Waals surface area contributed by atoms with Crippen LogP contribution in [0.3, 0.4) is 0 Å². The molecule has 1 N–H and O–H groups in total. The van der Waals surface area contributed by atoms with Gasteiger partial charge in [0.2, 0.25) is 11.8 Å². The first-order valence-corrected chi connectivity index (χ1v) is 10.2. The number of carbonyl (C=O) groups is 2. The number of aryl methyl sites for hydroxylation is 2. The van der Waals surface area contributed by atoms with Gasteiger partial charge in [-0.25, -0.2) is 0 Å². The van der Waals surface area contributed by atoms with Crippen molar-refractivity contribution < 1.29 is 9.59 Å². The van der Waals surface area contributed by atoms with Crippen molar-refractivity contribution in [2.45, 2.75) is 52.6 Å². The summed E-state index contributed by atoms with van der Waals surface area (Å²) in [5.74, 6) is -0.177. The van der Waals surface area contributed by atoms with Crippen LogP contribution in [-0.2, 0) is 22.6 Å². The third kappa shape index (κ3) is 6.10. The van der Waals surface area contributed by atoms with Crippen LogP contribution >= 0.6 is 11.6 Å².